The van der Waals surface area contributed by atoms with Crippen molar-refractivity contribution < 1.29 is 24.1 Å². The van der Waals surface area contributed by atoms with E-state index in [1.54, 1.807) is 19.2 Å². The van der Waals surface area contributed by atoms with Gasteiger partial charge in [-0.25, -0.2) is 4.79 Å². The summed E-state index contributed by atoms with van der Waals surface area (Å²) >= 11 is 0. The van der Waals surface area contributed by atoms with Crippen molar-refractivity contribution in [1.29, 1.82) is 0 Å². The van der Waals surface area contributed by atoms with Gasteiger partial charge in [-0.05, 0) is 18.2 Å². The number of ether oxygens (including phenoxy) is 3. The van der Waals surface area contributed by atoms with Crippen LogP contribution in [0.2, 0.25) is 0 Å². The Kier molecular flexibility index (Phi) is 6.83. The van der Waals surface area contributed by atoms with Crippen LogP contribution in [0.15, 0.2) is 24.3 Å². The molecular formula is C13H18O5. The molecule has 1 aromatic carbocycles. The van der Waals surface area contributed by atoms with Crippen molar-refractivity contribution in [1.82, 2.24) is 0 Å². The second kappa shape index (κ2) is 8.49. The number of hydrogen-bond acceptors (Lipinski definition) is 4. The van der Waals surface area contributed by atoms with E-state index in [0.29, 0.717) is 32.2 Å². The zero-order valence-electron chi connectivity index (χ0n) is 10.4. The van der Waals surface area contributed by atoms with Crippen LogP contribution in [0.4, 0.5) is 0 Å². The molecule has 18 heavy (non-hydrogen) atoms. The molecule has 0 unspecified atom stereocenters. The first-order chi connectivity index (χ1) is 8.74. The lowest BCUT2D eigenvalue weighted by atomic mass is 10.2. The van der Waals surface area contributed by atoms with Gasteiger partial charge in [0.2, 0.25) is 0 Å². The van der Waals surface area contributed by atoms with Crippen LogP contribution in [0.1, 0.15) is 16.8 Å². The van der Waals surface area contributed by atoms with E-state index in [1.165, 1.54) is 12.1 Å². The van der Waals surface area contributed by atoms with E-state index in [-0.39, 0.29) is 5.56 Å². The number of rotatable bonds is 9. The molecule has 0 bridgehead atoms. The molecule has 1 N–H and O–H groups in total. The highest BCUT2D eigenvalue weighted by Crippen LogP contribution is 2.13. The van der Waals surface area contributed by atoms with Crippen LogP contribution in [0, 0.1) is 0 Å². The van der Waals surface area contributed by atoms with Gasteiger partial charge in [0.1, 0.15) is 5.75 Å². The van der Waals surface area contributed by atoms with Gasteiger partial charge in [0.05, 0.1) is 25.4 Å². The van der Waals surface area contributed by atoms with Gasteiger partial charge in [0.15, 0.2) is 0 Å². The summed E-state index contributed by atoms with van der Waals surface area (Å²) in [5, 5.41) is 8.81. The van der Waals surface area contributed by atoms with Crippen LogP contribution in [0.5, 0.6) is 5.75 Å². The maximum Gasteiger partial charge on any atom is 0.335 e. The van der Waals surface area contributed by atoms with Crippen LogP contribution < -0.4 is 4.74 Å². The number of benzene rings is 1. The van der Waals surface area contributed by atoms with Gasteiger partial charge in [0.25, 0.3) is 0 Å². The summed E-state index contributed by atoms with van der Waals surface area (Å²) in [5.74, 6) is -0.393. The van der Waals surface area contributed by atoms with E-state index in [4.69, 9.17) is 19.3 Å². The topological polar surface area (TPSA) is 65.0 Å². The minimum absolute atomic E-state index is 0.226. The Bertz CT molecular complexity index is 364. The largest absolute Gasteiger partial charge is 0.493 e. The molecule has 0 aromatic heterocycles. The molecule has 0 heterocycles. The Morgan fingerprint density at radius 1 is 1.22 bits per heavy atom. The van der Waals surface area contributed by atoms with Crippen molar-refractivity contribution in [2.24, 2.45) is 0 Å². The fourth-order valence-electron chi connectivity index (χ4n) is 1.31. The lowest BCUT2D eigenvalue weighted by Crippen LogP contribution is -2.07. The van der Waals surface area contributed by atoms with Crippen LogP contribution >= 0.6 is 0 Å². The standard InChI is InChI=1S/C13H18O5/c1-16-8-9-17-6-3-7-18-12-5-2-4-11(10-12)13(14)15/h2,4-5,10H,3,6-9H2,1H3,(H,14,15). The fraction of sp³-hybridized carbons (Fsp3) is 0.462. The van der Waals surface area contributed by atoms with E-state index in [9.17, 15) is 4.79 Å². The lowest BCUT2D eigenvalue weighted by molar-refractivity contribution is 0.0643. The molecule has 1 aromatic rings. The first-order valence-electron chi connectivity index (χ1n) is 5.77. The molecule has 0 saturated heterocycles. The Morgan fingerprint density at radius 3 is 2.78 bits per heavy atom. The van der Waals surface area contributed by atoms with E-state index < -0.39 is 5.97 Å². The molecule has 0 amide bonds. The highest BCUT2D eigenvalue weighted by molar-refractivity contribution is 5.87. The van der Waals surface area contributed by atoms with Crippen LogP contribution in [0.25, 0.3) is 0 Å². The Labute approximate surface area is 106 Å². The SMILES string of the molecule is COCCOCCCOc1cccc(C(=O)O)c1. The smallest absolute Gasteiger partial charge is 0.335 e. The molecule has 0 aliphatic heterocycles. The molecule has 5 heteroatoms. The number of carbonyl (C=O) groups is 1. The highest BCUT2D eigenvalue weighted by atomic mass is 16.5. The summed E-state index contributed by atoms with van der Waals surface area (Å²) in [5.41, 5.74) is 0.226. The number of carboxylic acid groups (broad SMARTS) is 1. The van der Waals surface area contributed by atoms with E-state index in [2.05, 4.69) is 0 Å². The molecule has 1 rings (SSSR count). The van der Waals surface area contributed by atoms with Gasteiger partial charge < -0.3 is 19.3 Å². The summed E-state index contributed by atoms with van der Waals surface area (Å²) < 4.78 is 15.5. The molecule has 100 valence electrons. The summed E-state index contributed by atoms with van der Waals surface area (Å²) in [6, 6.07) is 6.43. The van der Waals surface area contributed by atoms with Crippen LogP contribution in [-0.4, -0.2) is 44.6 Å². The van der Waals surface area contributed by atoms with Crippen molar-refractivity contribution in [3.05, 3.63) is 29.8 Å². The minimum atomic E-state index is -0.955. The van der Waals surface area contributed by atoms with Gasteiger partial charge in [-0.2, -0.15) is 0 Å². The van der Waals surface area contributed by atoms with Crippen molar-refractivity contribution in [3.8, 4) is 5.75 Å². The summed E-state index contributed by atoms with van der Waals surface area (Å²) in [6.07, 6.45) is 0.751. The lowest BCUT2D eigenvalue weighted by Gasteiger charge is -2.07. The maximum atomic E-state index is 10.7. The van der Waals surface area contributed by atoms with Gasteiger partial charge in [0, 0.05) is 20.1 Å². The quantitative estimate of drug-likeness (QED) is 0.681. The van der Waals surface area contributed by atoms with Crippen molar-refractivity contribution in [3.63, 3.8) is 0 Å². The number of hydrogen-bond donors (Lipinski definition) is 1. The fourth-order valence-corrected chi connectivity index (χ4v) is 1.31. The van der Waals surface area contributed by atoms with Crippen LogP contribution in [-0.2, 0) is 9.47 Å². The third-order valence-corrected chi connectivity index (χ3v) is 2.21. The first-order valence-corrected chi connectivity index (χ1v) is 5.77. The maximum absolute atomic E-state index is 10.7. The molecular weight excluding hydrogens is 236 g/mol. The Balaban J connectivity index is 2.19. The molecule has 0 fully saturated rings. The molecule has 5 nitrogen and oxygen atoms in total. The zero-order chi connectivity index (χ0) is 13.2. The third kappa shape index (κ3) is 5.65. The average Bonchev–Trinajstić information content (AvgIpc) is 2.38. The first kappa shape index (κ1) is 14.5. The normalized spacial score (nSPS) is 10.3. The third-order valence-electron chi connectivity index (χ3n) is 2.21. The van der Waals surface area contributed by atoms with Crippen molar-refractivity contribution in [2.75, 3.05) is 33.5 Å². The van der Waals surface area contributed by atoms with Gasteiger partial charge in [-0.15, -0.1) is 0 Å². The molecule has 0 radical (unpaired) electrons. The predicted octanol–water partition coefficient (Wildman–Crippen LogP) is 1.82. The molecule has 0 aliphatic rings. The molecule has 0 atom stereocenters. The molecule has 0 spiro atoms. The van der Waals surface area contributed by atoms with Gasteiger partial charge >= 0.3 is 5.97 Å². The van der Waals surface area contributed by atoms with Gasteiger partial charge in [-0.1, -0.05) is 6.07 Å². The Hall–Kier alpha value is -1.59. The second-order valence-electron chi connectivity index (χ2n) is 3.64. The van der Waals surface area contributed by atoms with Crippen LogP contribution in [0.3, 0.4) is 0 Å². The van der Waals surface area contributed by atoms with E-state index >= 15 is 0 Å². The van der Waals surface area contributed by atoms with E-state index in [0.717, 1.165) is 6.42 Å². The summed E-state index contributed by atoms with van der Waals surface area (Å²) in [7, 11) is 1.63. The highest BCUT2D eigenvalue weighted by Gasteiger charge is 2.03. The number of methoxy groups -OCH3 is 1. The average molecular weight is 254 g/mol. The Morgan fingerprint density at radius 2 is 2.06 bits per heavy atom. The van der Waals surface area contributed by atoms with Gasteiger partial charge in [-0.3, -0.25) is 0 Å². The summed E-state index contributed by atoms with van der Waals surface area (Å²) in [4.78, 5) is 10.7. The molecule has 0 aliphatic carbocycles. The number of aromatic carboxylic acids is 1. The zero-order valence-corrected chi connectivity index (χ0v) is 10.4. The summed E-state index contributed by atoms with van der Waals surface area (Å²) in [6.45, 7) is 2.25. The minimum Gasteiger partial charge on any atom is -0.493 e. The number of carboxylic acids is 1. The van der Waals surface area contributed by atoms with Crippen molar-refractivity contribution >= 4 is 5.97 Å². The monoisotopic (exact) mass is 254 g/mol. The van der Waals surface area contributed by atoms with Crippen molar-refractivity contribution in [2.45, 2.75) is 6.42 Å². The predicted molar refractivity (Wildman–Crippen MR) is 66.2 cm³/mol. The van der Waals surface area contributed by atoms with E-state index in [1.807, 2.05) is 0 Å². The molecule has 0 saturated carbocycles. The second-order valence-corrected chi connectivity index (χ2v) is 3.64.